The number of fused-ring (bicyclic) bond motifs is 1. The van der Waals surface area contributed by atoms with Crippen LogP contribution in [0.3, 0.4) is 0 Å². The Balaban J connectivity index is 0.00000225. The van der Waals surface area contributed by atoms with E-state index in [-0.39, 0.29) is 24.0 Å². The van der Waals surface area contributed by atoms with E-state index in [0.717, 1.165) is 69.8 Å². The van der Waals surface area contributed by atoms with Crippen molar-refractivity contribution >= 4 is 29.9 Å². The molecule has 2 aliphatic heterocycles. The molecule has 7 nitrogen and oxygen atoms in total. The average Bonchev–Trinajstić information content (AvgIpc) is 3.09. The second kappa shape index (κ2) is 10.7. The van der Waals surface area contributed by atoms with Gasteiger partial charge in [-0.05, 0) is 24.1 Å². The van der Waals surface area contributed by atoms with Crippen molar-refractivity contribution < 1.29 is 14.2 Å². The van der Waals surface area contributed by atoms with Gasteiger partial charge >= 0.3 is 0 Å². The van der Waals surface area contributed by atoms with E-state index in [1.54, 1.807) is 7.05 Å². The van der Waals surface area contributed by atoms with Crippen LogP contribution in [0.1, 0.15) is 5.56 Å². The largest absolute Gasteiger partial charge is 0.454 e. The minimum Gasteiger partial charge on any atom is -0.454 e. The van der Waals surface area contributed by atoms with Crippen molar-refractivity contribution in [3.8, 4) is 11.5 Å². The highest BCUT2D eigenvalue weighted by molar-refractivity contribution is 14.0. The maximum atomic E-state index is 5.41. The zero-order valence-electron chi connectivity index (χ0n) is 14.6. The molecule has 1 aromatic carbocycles. The molecule has 0 radical (unpaired) electrons. The van der Waals surface area contributed by atoms with Gasteiger partial charge in [-0.25, -0.2) is 0 Å². The first kappa shape index (κ1) is 20.1. The standard InChI is InChI=1S/C17H26N4O3.HI/c1-18-17(20-6-7-21-8-10-22-11-9-21)19-5-4-14-2-3-15-16(12-14)24-13-23-15;/h2-3,12H,4-11,13H2,1H3,(H2,18,19,20);1H. The fourth-order valence-electron chi connectivity index (χ4n) is 2.80. The Hall–Kier alpha value is -1.26. The average molecular weight is 462 g/mol. The molecule has 8 heteroatoms. The molecule has 3 rings (SSSR count). The van der Waals surface area contributed by atoms with E-state index in [1.165, 1.54) is 5.56 Å². The Morgan fingerprint density at radius 3 is 2.68 bits per heavy atom. The molecule has 1 aromatic rings. The van der Waals surface area contributed by atoms with Crippen LogP contribution in [0.2, 0.25) is 0 Å². The van der Waals surface area contributed by atoms with Crippen LogP contribution in [-0.2, 0) is 11.2 Å². The lowest BCUT2D eigenvalue weighted by molar-refractivity contribution is 0.0389. The van der Waals surface area contributed by atoms with Crippen LogP contribution in [0.4, 0.5) is 0 Å². The minimum absolute atomic E-state index is 0. The maximum Gasteiger partial charge on any atom is 0.231 e. The lowest BCUT2D eigenvalue weighted by Gasteiger charge is -2.26. The molecule has 0 spiro atoms. The van der Waals surface area contributed by atoms with Gasteiger partial charge in [-0.15, -0.1) is 24.0 Å². The molecular weight excluding hydrogens is 435 g/mol. The molecule has 2 heterocycles. The number of hydrogen-bond acceptors (Lipinski definition) is 5. The summed E-state index contributed by atoms with van der Waals surface area (Å²) in [6.45, 7) is 6.71. The summed E-state index contributed by atoms with van der Waals surface area (Å²) >= 11 is 0. The van der Waals surface area contributed by atoms with Crippen molar-refractivity contribution in [2.24, 2.45) is 4.99 Å². The highest BCUT2D eigenvalue weighted by atomic mass is 127. The van der Waals surface area contributed by atoms with E-state index in [2.05, 4.69) is 26.6 Å². The number of nitrogens with zero attached hydrogens (tertiary/aromatic N) is 2. The molecule has 0 unspecified atom stereocenters. The van der Waals surface area contributed by atoms with Gasteiger partial charge < -0.3 is 24.8 Å². The van der Waals surface area contributed by atoms with Crippen molar-refractivity contribution in [2.75, 3.05) is 59.8 Å². The second-order valence-electron chi connectivity index (χ2n) is 5.82. The molecule has 1 saturated heterocycles. The summed E-state index contributed by atoms with van der Waals surface area (Å²) in [4.78, 5) is 6.67. The molecule has 0 atom stereocenters. The predicted molar refractivity (Wildman–Crippen MR) is 108 cm³/mol. The van der Waals surface area contributed by atoms with Gasteiger partial charge in [0.25, 0.3) is 0 Å². The molecule has 0 aromatic heterocycles. The van der Waals surface area contributed by atoms with Crippen LogP contribution in [0.15, 0.2) is 23.2 Å². The third-order valence-electron chi connectivity index (χ3n) is 4.19. The first-order chi connectivity index (χ1) is 11.8. The smallest absolute Gasteiger partial charge is 0.231 e. The molecule has 2 aliphatic rings. The molecular formula is C17H27IN4O3. The van der Waals surface area contributed by atoms with Crippen LogP contribution < -0.4 is 20.1 Å². The number of morpholine rings is 1. The van der Waals surface area contributed by atoms with Gasteiger partial charge in [0.05, 0.1) is 13.2 Å². The van der Waals surface area contributed by atoms with Crippen LogP contribution >= 0.6 is 24.0 Å². The zero-order chi connectivity index (χ0) is 16.6. The monoisotopic (exact) mass is 462 g/mol. The summed E-state index contributed by atoms with van der Waals surface area (Å²) in [5.41, 5.74) is 1.22. The third-order valence-corrected chi connectivity index (χ3v) is 4.19. The molecule has 140 valence electrons. The fourth-order valence-corrected chi connectivity index (χ4v) is 2.80. The number of aliphatic imine (C=N–C) groups is 1. The van der Waals surface area contributed by atoms with E-state index in [4.69, 9.17) is 14.2 Å². The quantitative estimate of drug-likeness (QED) is 0.375. The first-order valence-electron chi connectivity index (χ1n) is 8.48. The van der Waals surface area contributed by atoms with Gasteiger partial charge in [-0.2, -0.15) is 0 Å². The van der Waals surface area contributed by atoms with Gasteiger partial charge in [-0.1, -0.05) is 6.07 Å². The molecule has 25 heavy (non-hydrogen) atoms. The third kappa shape index (κ3) is 6.19. The Bertz CT molecular complexity index is 565. The van der Waals surface area contributed by atoms with E-state index >= 15 is 0 Å². The first-order valence-corrected chi connectivity index (χ1v) is 8.48. The number of guanidine groups is 1. The lowest BCUT2D eigenvalue weighted by atomic mass is 10.1. The highest BCUT2D eigenvalue weighted by Gasteiger charge is 2.13. The van der Waals surface area contributed by atoms with Crippen molar-refractivity contribution in [1.29, 1.82) is 0 Å². The molecule has 0 aliphatic carbocycles. The van der Waals surface area contributed by atoms with Crippen molar-refractivity contribution in [3.05, 3.63) is 23.8 Å². The number of halogens is 1. The Labute approximate surface area is 166 Å². The summed E-state index contributed by atoms with van der Waals surface area (Å²) in [6.07, 6.45) is 0.904. The molecule has 0 amide bonds. The van der Waals surface area contributed by atoms with Crippen molar-refractivity contribution in [1.82, 2.24) is 15.5 Å². The molecule has 1 fully saturated rings. The van der Waals surface area contributed by atoms with E-state index < -0.39 is 0 Å². The predicted octanol–water partition coefficient (Wildman–Crippen LogP) is 1.07. The minimum atomic E-state index is 0. The SMILES string of the molecule is CN=C(NCCc1ccc2c(c1)OCO2)NCCN1CCOCC1.I. The summed E-state index contributed by atoms with van der Waals surface area (Å²) in [5, 5.41) is 6.70. The molecule has 0 saturated carbocycles. The number of benzene rings is 1. The van der Waals surface area contributed by atoms with Crippen LogP contribution in [0.25, 0.3) is 0 Å². The zero-order valence-corrected chi connectivity index (χ0v) is 17.0. The Morgan fingerprint density at radius 2 is 1.88 bits per heavy atom. The second-order valence-corrected chi connectivity index (χ2v) is 5.82. The number of rotatable bonds is 6. The normalized spacial score (nSPS) is 17.1. The topological polar surface area (TPSA) is 67.4 Å². The maximum absolute atomic E-state index is 5.41. The summed E-state index contributed by atoms with van der Waals surface area (Å²) in [6, 6.07) is 6.08. The number of ether oxygens (including phenoxy) is 3. The van der Waals surface area contributed by atoms with Crippen LogP contribution in [-0.4, -0.2) is 70.6 Å². The van der Waals surface area contributed by atoms with Crippen LogP contribution in [0, 0.1) is 0 Å². The number of nitrogens with one attached hydrogen (secondary N) is 2. The van der Waals surface area contributed by atoms with Crippen molar-refractivity contribution in [2.45, 2.75) is 6.42 Å². The van der Waals surface area contributed by atoms with Gasteiger partial charge in [0.1, 0.15) is 0 Å². The summed E-state index contributed by atoms with van der Waals surface area (Å²) in [5.74, 6) is 2.50. The summed E-state index contributed by atoms with van der Waals surface area (Å²) in [7, 11) is 1.80. The van der Waals surface area contributed by atoms with Gasteiger partial charge in [0, 0.05) is 39.8 Å². The fraction of sp³-hybridized carbons (Fsp3) is 0.588. The van der Waals surface area contributed by atoms with Crippen LogP contribution in [0.5, 0.6) is 11.5 Å². The highest BCUT2D eigenvalue weighted by Crippen LogP contribution is 2.32. The Kier molecular flexibility index (Phi) is 8.56. The van der Waals surface area contributed by atoms with E-state index in [1.807, 2.05) is 12.1 Å². The molecule has 0 bridgehead atoms. The lowest BCUT2D eigenvalue weighted by Crippen LogP contribution is -2.44. The van der Waals surface area contributed by atoms with Gasteiger partial charge in [-0.3, -0.25) is 9.89 Å². The Morgan fingerprint density at radius 1 is 1.12 bits per heavy atom. The van der Waals surface area contributed by atoms with Gasteiger partial charge in [0.2, 0.25) is 6.79 Å². The van der Waals surface area contributed by atoms with Crippen molar-refractivity contribution in [3.63, 3.8) is 0 Å². The molecule has 2 N–H and O–H groups in total. The van der Waals surface area contributed by atoms with E-state index in [9.17, 15) is 0 Å². The number of hydrogen-bond donors (Lipinski definition) is 2. The van der Waals surface area contributed by atoms with E-state index in [0.29, 0.717) is 6.79 Å². The summed E-state index contributed by atoms with van der Waals surface area (Å²) < 4.78 is 16.1. The van der Waals surface area contributed by atoms with Gasteiger partial charge in [0.15, 0.2) is 17.5 Å².